The van der Waals surface area contributed by atoms with Crippen LogP contribution in [0.25, 0.3) is 0 Å². The number of carboxylic acid groups (broad SMARTS) is 1. The average Bonchev–Trinajstić information content (AvgIpc) is 2.87. The van der Waals surface area contributed by atoms with Gasteiger partial charge in [0.15, 0.2) is 0 Å². The van der Waals surface area contributed by atoms with Crippen LogP contribution in [0, 0.1) is 11.8 Å². The van der Waals surface area contributed by atoms with Crippen LogP contribution in [-0.4, -0.2) is 57.9 Å². The summed E-state index contributed by atoms with van der Waals surface area (Å²) in [5.74, 6) is -2.68. The van der Waals surface area contributed by atoms with Gasteiger partial charge in [0.2, 0.25) is 5.91 Å². The van der Waals surface area contributed by atoms with Crippen molar-refractivity contribution in [1.29, 1.82) is 0 Å². The van der Waals surface area contributed by atoms with Gasteiger partial charge in [-0.25, -0.2) is 0 Å². The summed E-state index contributed by atoms with van der Waals surface area (Å²) in [7, 11) is 0. The van der Waals surface area contributed by atoms with Gasteiger partial charge in [-0.05, 0) is 6.92 Å². The van der Waals surface area contributed by atoms with E-state index in [1.54, 1.807) is 13.0 Å². The zero-order valence-corrected chi connectivity index (χ0v) is 9.94. The second-order valence-electron chi connectivity index (χ2n) is 5.31. The van der Waals surface area contributed by atoms with E-state index in [2.05, 4.69) is 0 Å². The lowest BCUT2D eigenvalue weighted by molar-refractivity contribution is -0.148. The van der Waals surface area contributed by atoms with Crippen molar-refractivity contribution in [2.24, 2.45) is 11.8 Å². The molecule has 3 aliphatic rings. The van der Waals surface area contributed by atoms with Crippen LogP contribution in [0.5, 0.6) is 0 Å². The Morgan fingerprint density at radius 2 is 2.44 bits per heavy atom. The lowest BCUT2D eigenvalue weighted by Gasteiger charge is -2.22. The molecule has 1 amide bonds. The normalized spacial score (nSPS) is 42.4. The smallest absolute Gasteiger partial charge is 0.310 e. The molecular formula is C12H15NO5. The number of aliphatic hydroxyl groups excluding tert-OH is 1. The van der Waals surface area contributed by atoms with Crippen molar-refractivity contribution in [1.82, 2.24) is 4.90 Å². The zero-order chi connectivity index (χ0) is 13.1. The molecule has 0 saturated carbocycles. The predicted molar refractivity (Wildman–Crippen MR) is 59.6 cm³/mol. The van der Waals surface area contributed by atoms with Crippen molar-refractivity contribution in [3.63, 3.8) is 0 Å². The summed E-state index contributed by atoms with van der Waals surface area (Å²) in [5.41, 5.74) is -0.792. The molecule has 0 aromatic rings. The topological polar surface area (TPSA) is 87.1 Å². The molecule has 5 atom stereocenters. The van der Waals surface area contributed by atoms with Gasteiger partial charge in [0.05, 0.1) is 24.7 Å². The summed E-state index contributed by atoms with van der Waals surface area (Å²) in [6.45, 7) is 2.14. The van der Waals surface area contributed by atoms with E-state index >= 15 is 0 Å². The van der Waals surface area contributed by atoms with Crippen LogP contribution in [0.3, 0.4) is 0 Å². The summed E-state index contributed by atoms with van der Waals surface area (Å²) in [4.78, 5) is 25.0. The van der Waals surface area contributed by atoms with Gasteiger partial charge in [-0.1, -0.05) is 12.2 Å². The number of rotatable bonds is 3. The number of aliphatic hydroxyl groups is 1. The molecule has 0 radical (unpaired) electrons. The van der Waals surface area contributed by atoms with Gasteiger partial charge in [0, 0.05) is 6.54 Å². The fourth-order valence-corrected chi connectivity index (χ4v) is 3.33. The van der Waals surface area contributed by atoms with Crippen LogP contribution in [0.15, 0.2) is 12.2 Å². The molecule has 3 rings (SSSR count). The van der Waals surface area contributed by atoms with Crippen molar-refractivity contribution in [3.8, 4) is 0 Å². The van der Waals surface area contributed by atoms with E-state index in [1.165, 1.54) is 4.90 Å². The molecule has 0 aromatic heterocycles. The number of carbonyl (C=O) groups is 2. The Kier molecular flexibility index (Phi) is 2.30. The highest BCUT2D eigenvalue weighted by molar-refractivity contribution is 5.90. The van der Waals surface area contributed by atoms with Gasteiger partial charge >= 0.3 is 5.97 Å². The first-order valence-electron chi connectivity index (χ1n) is 6.01. The zero-order valence-electron chi connectivity index (χ0n) is 9.94. The Morgan fingerprint density at radius 1 is 1.72 bits per heavy atom. The Bertz CT molecular complexity index is 446. The molecule has 5 unspecified atom stereocenters. The Labute approximate surface area is 104 Å². The van der Waals surface area contributed by atoms with E-state index in [0.717, 1.165) is 0 Å². The van der Waals surface area contributed by atoms with Crippen LogP contribution in [0.1, 0.15) is 6.92 Å². The summed E-state index contributed by atoms with van der Waals surface area (Å²) < 4.78 is 5.70. The SMILES string of the molecule is CC(O)CN1CC23C=CC(O2)C(C(=O)O)C3C1=O. The van der Waals surface area contributed by atoms with Crippen molar-refractivity contribution in [3.05, 3.63) is 12.2 Å². The minimum atomic E-state index is -0.997. The molecule has 3 aliphatic heterocycles. The Morgan fingerprint density at radius 3 is 3.06 bits per heavy atom. The second kappa shape index (κ2) is 3.55. The van der Waals surface area contributed by atoms with Crippen molar-refractivity contribution >= 4 is 11.9 Å². The highest BCUT2D eigenvalue weighted by Crippen LogP contribution is 2.51. The van der Waals surface area contributed by atoms with Crippen molar-refractivity contribution < 1.29 is 24.5 Å². The molecule has 0 aromatic carbocycles. The molecule has 6 heteroatoms. The van der Waals surface area contributed by atoms with Gasteiger partial charge < -0.3 is 19.8 Å². The molecular weight excluding hydrogens is 238 g/mol. The maximum Gasteiger partial charge on any atom is 0.310 e. The van der Waals surface area contributed by atoms with E-state index < -0.39 is 35.6 Å². The summed E-state index contributed by atoms with van der Waals surface area (Å²) >= 11 is 0. The number of amides is 1. The van der Waals surface area contributed by atoms with Crippen molar-refractivity contribution in [2.45, 2.75) is 24.7 Å². The third-order valence-electron chi connectivity index (χ3n) is 3.95. The third-order valence-corrected chi connectivity index (χ3v) is 3.95. The summed E-state index contributed by atoms with van der Waals surface area (Å²) in [6, 6.07) is 0. The average molecular weight is 253 g/mol. The largest absolute Gasteiger partial charge is 0.481 e. The van der Waals surface area contributed by atoms with E-state index in [4.69, 9.17) is 4.74 Å². The highest BCUT2D eigenvalue weighted by atomic mass is 16.5. The quantitative estimate of drug-likeness (QED) is 0.645. The molecule has 98 valence electrons. The van der Waals surface area contributed by atoms with E-state index in [0.29, 0.717) is 6.54 Å². The molecule has 2 bridgehead atoms. The minimum absolute atomic E-state index is 0.214. The van der Waals surface area contributed by atoms with E-state index in [-0.39, 0.29) is 12.5 Å². The number of hydrogen-bond acceptors (Lipinski definition) is 4. The van der Waals surface area contributed by atoms with Gasteiger partial charge in [0.1, 0.15) is 11.5 Å². The van der Waals surface area contributed by atoms with Gasteiger partial charge in [-0.3, -0.25) is 9.59 Å². The second-order valence-corrected chi connectivity index (χ2v) is 5.31. The summed E-state index contributed by atoms with van der Waals surface area (Å²) in [6.07, 6.45) is 2.41. The summed E-state index contributed by atoms with van der Waals surface area (Å²) in [5, 5.41) is 18.6. The van der Waals surface area contributed by atoms with Crippen LogP contribution in [0.4, 0.5) is 0 Å². The maximum atomic E-state index is 12.3. The number of carboxylic acids is 1. The first-order valence-corrected chi connectivity index (χ1v) is 6.01. The molecule has 2 saturated heterocycles. The molecule has 18 heavy (non-hydrogen) atoms. The fourth-order valence-electron chi connectivity index (χ4n) is 3.33. The molecule has 0 aliphatic carbocycles. The molecule has 6 nitrogen and oxygen atoms in total. The minimum Gasteiger partial charge on any atom is -0.481 e. The first-order chi connectivity index (χ1) is 8.44. The van der Waals surface area contributed by atoms with E-state index in [1.807, 2.05) is 6.08 Å². The van der Waals surface area contributed by atoms with Crippen LogP contribution in [0.2, 0.25) is 0 Å². The fraction of sp³-hybridized carbons (Fsp3) is 0.667. The third kappa shape index (κ3) is 1.36. The lowest BCUT2D eigenvalue weighted by atomic mass is 9.77. The lowest BCUT2D eigenvalue weighted by Crippen LogP contribution is -2.39. The van der Waals surface area contributed by atoms with Gasteiger partial charge in [0.25, 0.3) is 0 Å². The number of ether oxygens (including phenoxy) is 1. The van der Waals surface area contributed by atoms with Crippen LogP contribution >= 0.6 is 0 Å². The number of nitrogens with zero attached hydrogens (tertiary/aromatic N) is 1. The molecule has 2 fully saturated rings. The van der Waals surface area contributed by atoms with Gasteiger partial charge in [-0.2, -0.15) is 0 Å². The molecule has 2 N–H and O–H groups in total. The number of hydrogen-bond donors (Lipinski definition) is 2. The monoisotopic (exact) mass is 253 g/mol. The Hall–Kier alpha value is -1.40. The Balaban J connectivity index is 1.92. The predicted octanol–water partition coefficient (Wildman–Crippen LogP) is -0.766. The highest BCUT2D eigenvalue weighted by Gasteiger charge is 2.66. The van der Waals surface area contributed by atoms with E-state index in [9.17, 15) is 19.8 Å². The van der Waals surface area contributed by atoms with Crippen LogP contribution in [-0.2, 0) is 14.3 Å². The number of aliphatic carboxylic acids is 1. The molecule has 3 heterocycles. The molecule has 1 spiro atoms. The maximum absolute atomic E-state index is 12.3. The number of β-amino-alcohol motifs (C(OH)–C–C–N with tert-alkyl or cyclic N) is 1. The number of carbonyl (C=O) groups excluding carboxylic acids is 1. The van der Waals surface area contributed by atoms with Gasteiger partial charge in [-0.15, -0.1) is 0 Å². The van der Waals surface area contributed by atoms with Crippen molar-refractivity contribution in [2.75, 3.05) is 13.1 Å². The number of likely N-dealkylation sites (tertiary alicyclic amines) is 1. The first kappa shape index (κ1) is 11.7. The van der Waals surface area contributed by atoms with Crippen LogP contribution < -0.4 is 0 Å². The standard InChI is InChI=1S/C12H15NO5/c1-6(14)4-13-5-12-3-2-7(18-12)8(11(16)17)9(12)10(13)15/h2-3,6-9,14H,4-5H2,1H3,(H,16,17). The number of fused-ring (bicyclic) bond motifs is 1.